The highest BCUT2D eigenvalue weighted by Gasteiger charge is 2.17. The molecule has 2 aromatic rings. The first kappa shape index (κ1) is 15.4. The van der Waals surface area contributed by atoms with Gasteiger partial charge in [0.2, 0.25) is 0 Å². The third kappa shape index (κ3) is 3.97. The fraction of sp³-hybridized carbons (Fsp3) is 0.294. The molecule has 0 fully saturated rings. The topological polar surface area (TPSA) is 67.5 Å². The van der Waals surface area contributed by atoms with Gasteiger partial charge in [0.05, 0.1) is 13.2 Å². The second kappa shape index (κ2) is 7.67. The minimum atomic E-state index is -0.0661. The Kier molecular flexibility index (Phi) is 5.60. The van der Waals surface area contributed by atoms with Gasteiger partial charge in [-0.1, -0.05) is 30.3 Å². The Morgan fingerprint density at radius 3 is 2.57 bits per heavy atom. The first-order valence-electron chi connectivity index (χ1n) is 7.11. The summed E-state index contributed by atoms with van der Waals surface area (Å²) >= 11 is 0. The van der Waals surface area contributed by atoms with Crippen LogP contribution in [0.3, 0.4) is 0 Å². The summed E-state index contributed by atoms with van der Waals surface area (Å²) in [6.07, 6.45) is 0.889. The van der Waals surface area contributed by atoms with Gasteiger partial charge in [-0.05, 0) is 37.2 Å². The summed E-state index contributed by atoms with van der Waals surface area (Å²) in [5, 5.41) is 13.7. The van der Waals surface area contributed by atoms with E-state index in [1.54, 1.807) is 13.2 Å². The smallest absolute Gasteiger partial charge is 0.124 e. The summed E-state index contributed by atoms with van der Waals surface area (Å²) in [7, 11) is 1.59. The van der Waals surface area contributed by atoms with Crippen molar-refractivity contribution < 1.29 is 9.84 Å². The van der Waals surface area contributed by atoms with Crippen molar-refractivity contribution in [3.63, 3.8) is 0 Å². The molecule has 4 nitrogen and oxygen atoms in total. The van der Waals surface area contributed by atoms with Crippen LogP contribution in [0.25, 0.3) is 0 Å². The van der Waals surface area contributed by atoms with Crippen LogP contribution in [-0.4, -0.2) is 25.3 Å². The number of aromatic hydroxyl groups is 1. The Balaban J connectivity index is 2.30. The monoisotopic (exact) mass is 286 g/mol. The van der Waals surface area contributed by atoms with Crippen LogP contribution < -0.4 is 15.8 Å². The largest absolute Gasteiger partial charge is 0.507 e. The summed E-state index contributed by atoms with van der Waals surface area (Å²) in [6, 6.07) is 15.4. The number of methoxy groups -OCH3 is 1. The van der Waals surface area contributed by atoms with Crippen LogP contribution in [0.2, 0.25) is 0 Å². The number of hydrogen-bond acceptors (Lipinski definition) is 4. The third-order valence-corrected chi connectivity index (χ3v) is 3.41. The van der Waals surface area contributed by atoms with Crippen molar-refractivity contribution in [2.75, 3.05) is 20.2 Å². The van der Waals surface area contributed by atoms with Crippen molar-refractivity contribution in [1.29, 1.82) is 0 Å². The van der Waals surface area contributed by atoms with Crippen molar-refractivity contribution in [2.24, 2.45) is 5.73 Å². The summed E-state index contributed by atoms with van der Waals surface area (Å²) in [6.45, 7) is 1.44. The molecule has 4 N–H and O–H groups in total. The third-order valence-electron chi connectivity index (χ3n) is 3.41. The quantitative estimate of drug-likeness (QED) is 0.684. The molecule has 112 valence electrons. The molecule has 0 saturated carbocycles. The molecule has 0 spiro atoms. The number of rotatable bonds is 7. The predicted octanol–water partition coefficient (Wildman–Crippen LogP) is 2.43. The lowest BCUT2D eigenvalue weighted by molar-refractivity contribution is 0.404. The molecule has 2 aromatic carbocycles. The van der Waals surface area contributed by atoms with E-state index >= 15 is 0 Å². The van der Waals surface area contributed by atoms with Gasteiger partial charge in [0.1, 0.15) is 11.5 Å². The number of hydrogen-bond donors (Lipinski definition) is 3. The van der Waals surface area contributed by atoms with Crippen molar-refractivity contribution in [2.45, 2.75) is 12.5 Å². The van der Waals surface area contributed by atoms with Gasteiger partial charge in [0.15, 0.2) is 0 Å². The van der Waals surface area contributed by atoms with E-state index in [9.17, 15) is 5.11 Å². The minimum Gasteiger partial charge on any atom is -0.507 e. The lowest BCUT2D eigenvalue weighted by atomic mass is 9.97. The number of ether oxygens (including phenoxy) is 1. The fourth-order valence-corrected chi connectivity index (χ4v) is 2.30. The lowest BCUT2D eigenvalue weighted by Gasteiger charge is -2.21. The van der Waals surface area contributed by atoms with E-state index in [1.165, 1.54) is 0 Å². The van der Waals surface area contributed by atoms with E-state index in [0.717, 1.165) is 24.1 Å². The van der Waals surface area contributed by atoms with Crippen LogP contribution >= 0.6 is 0 Å². The Morgan fingerprint density at radius 1 is 1.19 bits per heavy atom. The van der Waals surface area contributed by atoms with Crippen LogP contribution in [0.1, 0.15) is 23.6 Å². The van der Waals surface area contributed by atoms with Crippen molar-refractivity contribution in [3.8, 4) is 11.5 Å². The average molecular weight is 286 g/mol. The zero-order valence-electron chi connectivity index (χ0n) is 12.3. The zero-order chi connectivity index (χ0) is 15.1. The molecule has 4 heteroatoms. The standard InChI is InChI=1S/C17H22N2O2/c1-21-14-8-9-15(16(20)12-14)17(19-11-5-10-18)13-6-3-2-4-7-13/h2-4,6-9,12,17,19-20H,5,10-11,18H2,1H3. The molecule has 21 heavy (non-hydrogen) atoms. The van der Waals surface area contributed by atoms with E-state index < -0.39 is 0 Å². The number of benzene rings is 2. The molecule has 0 amide bonds. The van der Waals surface area contributed by atoms with Crippen molar-refractivity contribution in [3.05, 3.63) is 59.7 Å². The molecule has 0 aliphatic carbocycles. The summed E-state index contributed by atoms with van der Waals surface area (Å²) in [5.41, 5.74) is 7.49. The second-order valence-corrected chi connectivity index (χ2v) is 4.86. The van der Waals surface area contributed by atoms with Gasteiger partial charge in [-0.15, -0.1) is 0 Å². The van der Waals surface area contributed by atoms with Crippen LogP contribution in [0.4, 0.5) is 0 Å². The van der Waals surface area contributed by atoms with E-state index in [1.807, 2.05) is 42.5 Å². The van der Waals surface area contributed by atoms with Crippen LogP contribution in [0, 0.1) is 0 Å². The molecular weight excluding hydrogens is 264 g/mol. The Morgan fingerprint density at radius 2 is 1.95 bits per heavy atom. The van der Waals surface area contributed by atoms with Gasteiger partial charge in [-0.2, -0.15) is 0 Å². The summed E-state index contributed by atoms with van der Waals surface area (Å²) in [5.74, 6) is 0.869. The predicted molar refractivity (Wildman–Crippen MR) is 84.6 cm³/mol. The first-order chi connectivity index (χ1) is 10.3. The van der Waals surface area contributed by atoms with Gasteiger partial charge in [-0.25, -0.2) is 0 Å². The molecule has 0 saturated heterocycles. The molecule has 2 rings (SSSR count). The number of phenolic OH excluding ortho intramolecular Hbond substituents is 1. The van der Waals surface area contributed by atoms with Crippen LogP contribution in [0.5, 0.6) is 11.5 Å². The maximum absolute atomic E-state index is 10.3. The number of phenols is 1. The molecular formula is C17H22N2O2. The van der Waals surface area contributed by atoms with Gasteiger partial charge in [0, 0.05) is 11.6 Å². The second-order valence-electron chi connectivity index (χ2n) is 4.86. The highest BCUT2D eigenvalue weighted by Crippen LogP contribution is 2.32. The van der Waals surface area contributed by atoms with E-state index in [4.69, 9.17) is 10.5 Å². The highest BCUT2D eigenvalue weighted by atomic mass is 16.5. The fourth-order valence-electron chi connectivity index (χ4n) is 2.30. The first-order valence-corrected chi connectivity index (χ1v) is 7.11. The van der Waals surface area contributed by atoms with Gasteiger partial charge in [0.25, 0.3) is 0 Å². The highest BCUT2D eigenvalue weighted by molar-refractivity contribution is 5.45. The van der Waals surface area contributed by atoms with Gasteiger partial charge >= 0.3 is 0 Å². The maximum Gasteiger partial charge on any atom is 0.124 e. The van der Waals surface area contributed by atoms with Crippen LogP contribution in [-0.2, 0) is 0 Å². The van der Waals surface area contributed by atoms with Gasteiger partial charge < -0.3 is 20.9 Å². The molecule has 0 heterocycles. The Hall–Kier alpha value is -2.04. The summed E-state index contributed by atoms with van der Waals surface area (Å²) in [4.78, 5) is 0. The normalized spacial score (nSPS) is 12.1. The molecule has 0 bridgehead atoms. The molecule has 1 atom stereocenters. The lowest BCUT2D eigenvalue weighted by Crippen LogP contribution is -2.25. The summed E-state index contributed by atoms with van der Waals surface area (Å²) < 4.78 is 5.14. The van der Waals surface area contributed by atoms with Crippen molar-refractivity contribution >= 4 is 0 Å². The van der Waals surface area contributed by atoms with Crippen LogP contribution in [0.15, 0.2) is 48.5 Å². The Bertz CT molecular complexity index is 558. The average Bonchev–Trinajstić information content (AvgIpc) is 2.53. The van der Waals surface area contributed by atoms with E-state index in [0.29, 0.717) is 12.3 Å². The molecule has 1 unspecified atom stereocenters. The molecule has 0 aliphatic rings. The maximum atomic E-state index is 10.3. The van der Waals surface area contributed by atoms with E-state index in [2.05, 4.69) is 5.32 Å². The van der Waals surface area contributed by atoms with Crippen molar-refractivity contribution in [1.82, 2.24) is 5.32 Å². The molecule has 0 radical (unpaired) electrons. The Labute approximate surface area is 125 Å². The van der Waals surface area contributed by atoms with Gasteiger partial charge in [-0.3, -0.25) is 0 Å². The SMILES string of the molecule is COc1ccc(C(NCCCN)c2ccccc2)c(O)c1. The number of nitrogens with one attached hydrogen (secondary N) is 1. The molecule has 0 aromatic heterocycles. The number of nitrogens with two attached hydrogens (primary N) is 1. The minimum absolute atomic E-state index is 0.0661. The zero-order valence-corrected chi connectivity index (χ0v) is 12.3. The van der Waals surface area contributed by atoms with E-state index in [-0.39, 0.29) is 11.8 Å². The molecule has 0 aliphatic heterocycles.